The van der Waals surface area contributed by atoms with Gasteiger partial charge in [0.1, 0.15) is 10.8 Å². The number of aromatic nitrogens is 2. The van der Waals surface area contributed by atoms with Crippen molar-refractivity contribution >= 4 is 23.1 Å². The van der Waals surface area contributed by atoms with Crippen molar-refractivity contribution in [3.8, 4) is 0 Å². The summed E-state index contributed by atoms with van der Waals surface area (Å²) in [5, 5.41) is 7.03. The van der Waals surface area contributed by atoms with E-state index >= 15 is 0 Å². The van der Waals surface area contributed by atoms with Crippen LogP contribution in [0.5, 0.6) is 0 Å². The van der Waals surface area contributed by atoms with Crippen LogP contribution < -0.4 is 10.6 Å². The summed E-state index contributed by atoms with van der Waals surface area (Å²) in [7, 11) is 0. The number of carbonyl (C=O) groups excluding carboxylic acids is 1. The van der Waals surface area contributed by atoms with E-state index < -0.39 is 0 Å². The summed E-state index contributed by atoms with van der Waals surface area (Å²) in [6, 6.07) is 3.50. The zero-order chi connectivity index (χ0) is 15.2. The van der Waals surface area contributed by atoms with Gasteiger partial charge in [-0.25, -0.2) is 9.97 Å². The second-order valence-electron chi connectivity index (χ2n) is 4.86. The number of pyridine rings is 1. The molecule has 1 unspecified atom stereocenters. The summed E-state index contributed by atoms with van der Waals surface area (Å²) in [6.07, 6.45) is 4.44. The molecule has 1 atom stereocenters. The molecule has 2 aromatic heterocycles. The number of nitrogens with one attached hydrogen (secondary N) is 2. The number of carbonyl (C=O) groups is 1. The van der Waals surface area contributed by atoms with Crippen LogP contribution in [0.25, 0.3) is 0 Å². The Hall–Kier alpha value is -1.95. The first-order valence-corrected chi connectivity index (χ1v) is 7.85. The summed E-state index contributed by atoms with van der Waals surface area (Å²) < 4.78 is 0. The molecule has 1 amide bonds. The first kappa shape index (κ1) is 15.4. The van der Waals surface area contributed by atoms with Gasteiger partial charge < -0.3 is 10.6 Å². The maximum Gasteiger partial charge on any atom is 0.253 e. The Kier molecular flexibility index (Phi) is 5.27. The molecule has 0 bridgehead atoms. The van der Waals surface area contributed by atoms with E-state index in [2.05, 4.69) is 27.5 Å². The highest BCUT2D eigenvalue weighted by atomic mass is 32.1. The molecule has 0 aliphatic rings. The minimum Gasteiger partial charge on any atom is -0.370 e. The van der Waals surface area contributed by atoms with E-state index in [0.29, 0.717) is 5.56 Å². The summed E-state index contributed by atoms with van der Waals surface area (Å²) in [4.78, 5) is 21.8. The van der Waals surface area contributed by atoms with Crippen molar-refractivity contribution in [2.75, 3.05) is 11.9 Å². The zero-order valence-corrected chi connectivity index (χ0v) is 13.3. The van der Waals surface area contributed by atoms with Crippen molar-refractivity contribution in [3.05, 3.63) is 40.0 Å². The first-order chi connectivity index (χ1) is 10.1. The lowest BCUT2D eigenvalue weighted by Crippen LogP contribution is -2.26. The summed E-state index contributed by atoms with van der Waals surface area (Å²) in [6.45, 7) is 6.90. The number of anilines is 1. The van der Waals surface area contributed by atoms with Gasteiger partial charge in [-0.05, 0) is 32.4 Å². The number of hydrogen-bond donors (Lipinski definition) is 2. The number of hydrogen-bond acceptors (Lipinski definition) is 5. The second-order valence-corrected chi connectivity index (χ2v) is 6.13. The van der Waals surface area contributed by atoms with Crippen LogP contribution in [-0.2, 0) is 0 Å². The van der Waals surface area contributed by atoms with Gasteiger partial charge in [-0.1, -0.05) is 6.92 Å². The Labute approximate surface area is 128 Å². The van der Waals surface area contributed by atoms with Gasteiger partial charge in [0.2, 0.25) is 0 Å². The van der Waals surface area contributed by atoms with Crippen molar-refractivity contribution in [2.45, 2.75) is 33.2 Å². The van der Waals surface area contributed by atoms with Crippen molar-refractivity contribution < 1.29 is 4.79 Å². The molecule has 112 valence electrons. The van der Waals surface area contributed by atoms with Gasteiger partial charge in [-0.15, -0.1) is 11.3 Å². The topological polar surface area (TPSA) is 66.9 Å². The van der Waals surface area contributed by atoms with Gasteiger partial charge in [0.25, 0.3) is 5.91 Å². The molecule has 0 aliphatic heterocycles. The molecular weight excluding hydrogens is 284 g/mol. The maximum absolute atomic E-state index is 12.2. The van der Waals surface area contributed by atoms with Crippen molar-refractivity contribution in [2.24, 2.45) is 0 Å². The molecule has 6 heteroatoms. The number of nitrogens with zero attached hydrogens (tertiary/aromatic N) is 2. The van der Waals surface area contributed by atoms with Crippen LogP contribution in [0.1, 0.15) is 46.6 Å². The third-order valence-corrected chi connectivity index (χ3v) is 4.03. The molecule has 0 aliphatic carbocycles. The predicted octanol–water partition coefficient (Wildman–Crippen LogP) is 3.16. The third-order valence-electron chi connectivity index (χ3n) is 2.94. The van der Waals surface area contributed by atoms with Crippen LogP contribution in [-0.4, -0.2) is 22.4 Å². The monoisotopic (exact) mass is 304 g/mol. The molecule has 0 spiro atoms. The molecule has 21 heavy (non-hydrogen) atoms. The first-order valence-electron chi connectivity index (χ1n) is 7.03. The maximum atomic E-state index is 12.2. The molecule has 0 saturated carbocycles. The number of amides is 1. The van der Waals surface area contributed by atoms with Crippen LogP contribution in [0.4, 0.5) is 5.82 Å². The molecule has 5 nitrogen and oxygen atoms in total. The van der Waals surface area contributed by atoms with Crippen LogP contribution in [0, 0.1) is 6.92 Å². The van der Waals surface area contributed by atoms with Gasteiger partial charge in [-0.2, -0.15) is 0 Å². The number of thiazole rings is 1. The highest BCUT2D eigenvalue weighted by Gasteiger charge is 2.14. The van der Waals surface area contributed by atoms with E-state index in [0.717, 1.165) is 28.7 Å². The normalized spacial score (nSPS) is 12.0. The Morgan fingerprint density at radius 2 is 2.14 bits per heavy atom. The molecule has 2 heterocycles. The Morgan fingerprint density at radius 1 is 1.33 bits per heavy atom. The minimum atomic E-state index is -0.134. The van der Waals surface area contributed by atoms with E-state index in [1.54, 1.807) is 23.6 Å². The average molecular weight is 304 g/mol. The van der Waals surface area contributed by atoms with E-state index in [4.69, 9.17) is 0 Å². The van der Waals surface area contributed by atoms with E-state index in [-0.39, 0.29) is 11.9 Å². The molecule has 0 radical (unpaired) electrons. The van der Waals surface area contributed by atoms with Gasteiger partial charge >= 0.3 is 0 Å². The van der Waals surface area contributed by atoms with Crippen LogP contribution >= 0.6 is 11.3 Å². The largest absolute Gasteiger partial charge is 0.370 e. The molecular formula is C15H20N4OS. The molecule has 2 N–H and O–H groups in total. The molecule has 2 aromatic rings. The van der Waals surface area contributed by atoms with E-state index in [1.807, 2.05) is 26.1 Å². The van der Waals surface area contributed by atoms with E-state index in [9.17, 15) is 4.79 Å². The van der Waals surface area contributed by atoms with Gasteiger partial charge in [0.05, 0.1) is 11.6 Å². The van der Waals surface area contributed by atoms with Crippen molar-refractivity contribution in [1.82, 2.24) is 15.3 Å². The lowest BCUT2D eigenvalue weighted by Gasteiger charge is -2.11. The second kappa shape index (κ2) is 7.17. The predicted molar refractivity (Wildman–Crippen MR) is 85.7 cm³/mol. The third kappa shape index (κ3) is 4.26. The van der Waals surface area contributed by atoms with Crippen molar-refractivity contribution in [3.63, 3.8) is 0 Å². The molecule has 0 aromatic carbocycles. The smallest absolute Gasteiger partial charge is 0.253 e. The Bertz CT molecular complexity index is 594. The lowest BCUT2D eigenvalue weighted by molar-refractivity contribution is 0.0939. The number of aryl methyl sites for hydroxylation is 1. The van der Waals surface area contributed by atoms with Crippen molar-refractivity contribution in [1.29, 1.82) is 0 Å². The summed E-state index contributed by atoms with van der Waals surface area (Å²) in [5.41, 5.74) is 0.553. The lowest BCUT2D eigenvalue weighted by atomic mass is 10.2. The van der Waals surface area contributed by atoms with Gasteiger partial charge in [-0.3, -0.25) is 4.79 Å². The SMILES string of the molecule is CCCNc1ccc(C(=O)NC(C)c2ncc(C)s2)cn1. The summed E-state index contributed by atoms with van der Waals surface area (Å²) >= 11 is 1.59. The van der Waals surface area contributed by atoms with Gasteiger partial charge in [0, 0.05) is 23.8 Å². The van der Waals surface area contributed by atoms with Crippen LogP contribution in [0.2, 0.25) is 0 Å². The highest BCUT2D eigenvalue weighted by molar-refractivity contribution is 7.11. The average Bonchev–Trinajstić information content (AvgIpc) is 2.92. The molecule has 0 fully saturated rings. The zero-order valence-electron chi connectivity index (χ0n) is 12.5. The van der Waals surface area contributed by atoms with E-state index in [1.165, 1.54) is 0 Å². The summed E-state index contributed by atoms with van der Waals surface area (Å²) in [5.74, 6) is 0.655. The van der Waals surface area contributed by atoms with Gasteiger partial charge in [0.15, 0.2) is 0 Å². The fourth-order valence-electron chi connectivity index (χ4n) is 1.80. The van der Waals surface area contributed by atoms with Crippen LogP contribution in [0.3, 0.4) is 0 Å². The Balaban J connectivity index is 1.96. The molecule has 2 rings (SSSR count). The fourth-order valence-corrected chi connectivity index (χ4v) is 2.58. The Morgan fingerprint density at radius 3 is 2.71 bits per heavy atom. The molecule has 0 saturated heterocycles. The highest BCUT2D eigenvalue weighted by Crippen LogP contribution is 2.19. The number of rotatable bonds is 6. The minimum absolute atomic E-state index is 0.103. The fraction of sp³-hybridized carbons (Fsp3) is 0.400. The van der Waals surface area contributed by atoms with Crippen LogP contribution in [0.15, 0.2) is 24.5 Å². The standard InChI is InChI=1S/C15H20N4OS/c1-4-7-16-13-6-5-12(9-17-13)14(20)19-11(3)15-18-8-10(2)21-15/h5-6,8-9,11H,4,7H2,1-3H3,(H,16,17)(H,19,20). The quantitative estimate of drug-likeness (QED) is 0.860.